The summed E-state index contributed by atoms with van der Waals surface area (Å²) in [5.74, 6) is 0.788. The van der Waals surface area contributed by atoms with E-state index in [-0.39, 0.29) is 0 Å². The van der Waals surface area contributed by atoms with Gasteiger partial charge in [0.2, 0.25) is 0 Å². The minimum atomic E-state index is 0.506. The largest absolute Gasteiger partial charge is 0.377 e. The second kappa shape index (κ2) is 5.13. The molecule has 0 aromatic heterocycles. The van der Waals surface area contributed by atoms with Crippen molar-refractivity contribution in [2.45, 2.75) is 46.1 Å². The Labute approximate surface area is 88.4 Å². The molecule has 14 heavy (non-hydrogen) atoms. The molecule has 0 aromatic carbocycles. The van der Waals surface area contributed by atoms with Crippen molar-refractivity contribution in [2.24, 2.45) is 11.3 Å². The molecule has 0 radical (unpaired) electrons. The fourth-order valence-corrected chi connectivity index (χ4v) is 2.09. The van der Waals surface area contributed by atoms with Crippen molar-refractivity contribution >= 4 is 0 Å². The van der Waals surface area contributed by atoms with E-state index in [0.29, 0.717) is 11.5 Å². The van der Waals surface area contributed by atoms with Crippen molar-refractivity contribution in [1.29, 1.82) is 0 Å². The highest BCUT2D eigenvalue weighted by atomic mass is 16.5. The first-order valence-corrected chi connectivity index (χ1v) is 5.82. The monoisotopic (exact) mass is 199 g/mol. The van der Waals surface area contributed by atoms with Crippen LogP contribution in [0.15, 0.2) is 0 Å². The molecule has 1 N–H and O–H groups in total. The average molecular weight is 199 g/mol. The van der Waals surface area contributed by atoms with Crippen LogP contribution in [0, 0.1) is 11.3 Å². The van der Waals surface area contributed by atoms with Crippen molar-refractivity contribution < 1.29 is 4.74 Å². The molecule has 1 saturated carbocycles. The highest BCUT2D eigenvalue weighted by molar-refractivity contribution is 4.84. The molecule has 1 unspecified atom stereocenters. The van der Waals surface area contributed by atoms with Crippen molar-refractivity contribution in [2.75, 3.05) is 20.2 Å². The first kappa shape index (κ1) is 12.0. The van der Waals surface area contributed by atoms with Gasteiger partial charge in [-0.3, -0.25) is 0 Å². The van der Waals surface area contributed by atoms with E-state index in [9.17, 15) is 0 Å². The summed E-state index contributed by atoms with van der Waals surface area (Å²) >= 11 is 0. The maximum Gasteiger partial charge on any atom is 0.0594 e. The van der Waals surface area contributed by atoms with Gasteiger partial charge in [0.05, 0.1) is 12.7 Å². The second-order valence-electron chi connectivity index (χ2n) is 5.26. The third kappa shape index (κ3) is 3.25. The quantitative estimate of drug-likeness (QED) is 0.702. The lowest BCUT2D eigenvalue weighted by molar-refractivity contribution is -0.0189. The normalized spacial score (nSPS) is 31.7. The van der Waals surface area contributed by atoms with Crippen LogP contribution in [0.25, 0.3) is 0 Å². The molecule has 2 heteroatoms. The summed E-state index contributed by atoms with van der Waals surface area (Å²) in [6, 6.07) is 0. The van der Waals surface area contributed by atoms with E-state index in [1.807, 2.05) is 7.05 Å². The van der Waals surface area contributed by atoms with Crippen molar-refractivity contribution in [3.63, 3.8) is 0 Å². The Morgan fingerprint density at radius 1 is 1.43 bits per heavy atom. The Kier molecular flexibility index (Phi) is 4.39. The maximum absolute atomic E-state index is 5.82. The third-order valence-electron chi connectivity index (χ3n) is 3.77. The van der Waals surface area contributed by atoms with Gasteiger partial charge in [0.25, 0.3) is 0 Å². The molecule has 84 valence electrons. The molecule has 1 fully saturated rings. The summed E-state index contributed by atoms with van der Waals surface area (Å²) in [7, 11) is 1.97. The van der Waals surface area contributed by atoms with Crippen LogP contribution >= 0.6 is 0 Å². The summed E-state index contributed by atoms with van der Waals surface area (Å²) in [5.41, 5.74) is 0.517. The highest BCUT2D eigenvalue weighted by Gasteiger charge is 2.33. The predicted octanol–water partition coefficient (Wildman–Crippen LogP) is 2.44. The van der Waals surface area contributed by atoms with E-state index in [1.54, 1.807) is 0 Å². The average Bonchev–Trinajstić information content (AvgIpc) is 2.12. The lowest BCUT2D eigenvalue weighted by atomic mass is 9.69. The summed E-state index contributed by atoms with van der Waals surface area (Å²) in [6.07, 6.45) is 4.28. The zero-order valence-electron chi connectivity index (χ0n) is 10.1. The molecule has 1 aliphatic carbocycles. The lowest BCUT2D eigenvalue weighted by Gasteiger charge is -2.40. The van der Waals surface area contributed by atoms with Gasteiger partial charge >= 0.3 is 0 Å². The number of rotatable bonds is 4. The SMILES string of the molecule is CNCCOC1CCC(C)(C)[C@@H](C)C1. The van der Waals surface area contributed by atoms with Gasteiger partial charge in [0.1, 0.15) is 0 Å². The van der Waals surface area contributed by atoms with Crippen LogP contribution in [0.1, 0.15) is 40.0 Å². The van der Waals surface area contributed by atoms with Gasteiger partial charge in [0.15, 0.2) is 0 Å². The standard InChI is InChI=1S/C12H25NO/c1-10-9-11(14-8-7-13-4)5-6-12(10,2)3/h10-11,13H,5-9H2,1-4H3/t10-,11?/m0/s1. The molecule has 0 amide bonds. The Balaban J connectivity index is 2.25. The van der Waals surface area contributed by atoms with Gasteiger partial charge in [-0.15, -0.1) is 0 Å². The van der Waals surface area contributed by atoms with Crippen molar-refractivity contribution in [3.8, 4) is 0 Å². The van der Waals surface area contributed by atoms with Crippen molar-refractivity contribution in [3.05, 3.63) is 0 Å². The van der Waals surface area contributed by atoms with Crippen molar-refractivity contribution in [1.82, 2.24) is 5.32 Å². The summed E-state index contributed by atoms with van der Waals surface area (Å²) in [6.45, 7) is 8.93. The van der Waals surface area contributed by atoms with Crippen LogP contribution < -0.4 is 5.32 Å². The highest BCUT2D eigenvalue weighted by Crippen LogP contribution is 2.40. The van der Waals surface area contributed by atoms with E-state index in [0.717, 1.165) is 19.1 Å². The number of hydrogen-bond donors (Lipinski definition) is 1. The fraction of sp³-hybridized carbons (Fsp3) is 1.00. The van der Waals surface area contributed by atoms with Crippen LogP contribution in [0.2, 0.25) is 0 Å². The van der Waals surface area contributed by atoms with Crippen LogP contribution in [-0.2, 0) is 4.74 Å². The van der Waals surface area contributed by atoms with Crippen LogP contribution in [0.4, 0.5) is 0 Å². The van der Waals surface area contributed by atoms with Crippen LogP contribution in [0.3, 0.4) is 0 Å². The van der Waals surface area contributed by atoms with Gasteiger partial charge < -0.3 is 10.1 Å². The summed E-state index contributed by atoms with van der Waals surface area (Å²) in [5, 5.41) is 3.11. The molecule has 0 aliphatic heterocycles. The minimum Gasteiger partial charge on any atom is -0.377 e. The van der Waals surface area contributed by atoms with Gasteiger partial charge in [-0.25, -0.2) is 0 Å². The molecule has 2 nitrogen and oxygen atoms in total. The van der Waals surface area contributed by atoms with Crippen LogP contribution in [-0.4, -0.2) is 26.3 Å². The Hall–Kier alpha value is -0.0800. The smallest absolute Gasteiger partial charge is 0.0594 e. The molecule has 0 saturated heterocycles. The van der Waals surface area contributed by atoms with E-state index in [4.69, 9.17) is 4.74 Å². The molecule has 2 atom stereocenters. The molecular weight excluding hydrogens is 174 g/mol. The fourth-order valence-electron chi connectivity index (χ4n) is 2.09. The first-order chi connectivity index (χ1) is 6.56. The van der Waals surface area contributed by atoms with Gasteiger partial charge in [0, 0.05) is 6.54 Å². The summed E-state index contributed by atoms with van der Waals surface area (Å²) < 4.78 is 5.82. The number of nitrogens with one attached hydrogen (secondary N) is 1. The molecule has 0 spiro atoms. The van der Waals surface area contributed by atoms with Crippen LogP contribution in [0.5, 0.6) is 0 Å². The third-order valence-corrected chi connectivity index (χ3v) is 3.77. The molecule has 0 bridgehead atoms. The Bertz CT molecular complexity index is 168. The second-order valence-corrected chi connectivity index (χ2v) is 5.26. The number of likely N-dealkylation sites (N-methyl/N-ethyl adjacent to an activating group) is 1. The molecule has 1 aliphatic rings. The zero-order valence-corrected chi connectivity index (χ0v) is 10.1. The molecule has 1 rings (SSSR count). The lowest BCUT2D eigenvalue weighted by Crippen LogP contribution is -2.34. The van der Waals surface area contributed by atoms with Gasteiger partial charge in [-0.1, -0.05) is 20.8 Å². The van der Waals surface area contributed by atoms with E-state index < -0.39 is 0 Å². The Morgan fingerprint density at radius 3 is 2.71 bits per heavy atom. The number of hydrogen-bond acceptors (Lipinski definition) is 2. The maximum atomic E-state index is 5.82. The molecule has 0 heterocycles. The summed E-state index contributed by atoms with van der Waals surface area (Å²) in [4.78, 5) is 0. The van der Waals surface area contributed by atoms with Gasteiger partial charge in [-0.05, 0) is 37.6 Å². The van der Waals surface area contributed by atoms with Gasteiger partial charge in [-0.2, -0.15) is 0 Å². The predicted molar refractivity (Wildman–Crippen MR) is 60.5 cm³/mol. The van der Waals surface area contributed by atoms with E-state index in [1.165, 1.54) is 19.3 Å². The zero-order chi connectivity index (χ0) is 10.6. The molecule has 0 aromatic rings. The topological polar surface area (TPSA) is 21.3 Å². The number of ether oxygens (including phenoxy) is 1. The molecular formula is C12H25NO. The van der Waals surface area contributed by atoms with E-state index in [2.05, 4.69) is 26.1 Å². The first-order valence-electron chi connectivity index (χ1n) is 5.82. The van der Waals surface area contributed by atoms with E-state index >= 15 is 0 Å². The Morgan fingerprint density at radius 2 is 2.14 bits per heavy atom. The minimum absolute atomic E-state index is 0.506.